The Morgan fingerprint density at radius 1 is 1.11 bits per heavy atom. The summed E-state index contributed by atoms with van der Waals surface area (Å²) < 4.78 is 5.55. The number of carbonyl (C=O) groups excluding carboxylic acids is 1. The van der Waals surface area contributed by atoms with Crippen LogP contribution < -0.4 is 5.32 Å². The minimum Gasteiger partial charge on any atom is -0.366 e. The van der Waals surface area contributed by atoms with E-state index in [0.717, 1.165) is 38.8 Å². The topological polar surface area (TPSA) is 44.8 Å². The molecule has 108 valence electrons. The standard InChI is InChI=1S/C14H25N3O2/c18-14(13-11-15-5-10-19-13)17-8-6-16(7-9-17)12-3-1-2-4-12/h12-13,15H,1-11H2. The van der Waals surface area contributed by atoms with Crippen molar-refractivity contribution in [1.82, 2.24) is 15.1 Å². The van der Waals surface area contributed by atoms with Crippen LogP contribution in [0.15, 0.2) is 0 Å². The van der Waals surface area contributed by atoms with E-state index in [0.29, 0.717) is 13.2 Å². The fraction of sp³-hybridized carbons (Fsp3) is 0.929. The molecule has 2 heterocycles. The molecule has 19 heavy (non-hydrogen) atoms. The smallest absolute Gasteiger partial charge is 0.253 e. The summed E-state index contributed by atoms with van der Waals surface area (Å²) in [5.74, 6) is 0.179. The van der Waals surface area contributed by atoms with Gasteiger partial charge in [0.05, 0.1) is 6.61 Å². The van der Waals surface area contributed by atoms with Crippen LogP contribution in [0.5, 0.6) is 0 Å². The van der Waals surface area contributed by atoms with Crippen LogP contribution in [0.25, 0.3) is 0 Å². The minimum absolute atomic E-state index is 0.179. The number of morpholine rings is 1. The lowest BCUT2D eigenvalue weighted by Crippen LogP contribution is -2.56. The first kappa shape index (κ1) is 13.3. The Morgan fingerprint density at radius 2 is 1.84 bits per heavy atom. The van der Waals surface area contributed by atoms with Gasteiger partial charge in [-0.1, -0.05) is 12.8 Å². The molecule has 5 nitrogen and oxygen atoms in total. The molecular formula is C14H25N3O2. The molecule has 1 aliphatic carbocycles. The monoisotopic (exact) mass is 267 g/mol. The van der Waals surface area contributed by atoms with Crippen LogP contribution in [0, 0.1) is 0 Å². The Balaban J connectivity index is 1.47. The summed E-state index contributed by atoms with van der Waals surface area (Å²) in [6, 6.07) is 0.782. The molecule has 1 unspecified atom stereocenters. The summed E-state index contributed by atoms with van der Waals surface area (Å²) in [7, 11) is 0. The molecule has 1 N–H and O–H groups in total. The van der Waals surface area contributed by atoms with Crippen LogP contribution in [-0.2, 0) is 9.53 Å². The van der Waals surface area contributed by atoms with E-state index in [1.165, 1.54) is 25.7 Å². The normalized spacial score (nSPS) is 30.7. The first-order valence-electron chi connectivity index (χ1n) is 7.70. The summed E-state index contributed by atoms with van der Waals surface area (Å²) in [5.41, 5.74) is 0. The molecule has 3 aliphatic rings. The molecule has 0 spiro atoms. The second kappa shape index (κ2) is 6.20. The van der Waals surface area contributed by atoms with E-state index in [1.807, 2.05) is 4.90 Å². The van der Waals surface area contributed by atoms with Crippen molar-refractivity contribution >= 4 is 5.91 Å². The average molecular weight is 267 g/mol. The minimum atomic E-state index is -0.258. The fourth-order valence-electron chi connectivity index (χ4n) is 3.50. The first-order chi connectivity index (χ1) is 9.34. The number of ether oxygens (including phenoxy) is 1. The van der Waals surface area contributed by atoms with Gasteiger partial charge in [-0.2, -0.15) is 0 Å². The zero-order chi connectivity index (χ0) is 13.1. The summed E-state index contributed by atoms with van der Waals surface area (Å²) in [6.07, 6.45) is 5.20. The van der Waals surface area contributed by atoms with Crippen molar-refractivity contribution in [3.8, 4) is 0 Å². The summed E-state index contributed by atoms with van der Waals surface area (Å²) in [6.45, 7) is 6.00. The molecule has 2 aliphatic heterocycles. The van der Waals surface area contributed by atoms with Gasteiger partial charge in [0, 0.05) is 45.3 Å². The third-order valence-electron chi connectivity index (χ3n) is 4.67. The first-order valence-corrected chi connectivity index (χ1v) is 7.70. The molecule has 0 bridgehead atoms. The Bertz CT molecular complexity index is 304. The maximum Gasteiger partial charge on any atom is 0.253 e. The fourth-order valence-corrected chi connectivity index (χ4v) is 3.50. The van der Waals surface area contributed by atoms with Crippen molar-refractivity contribution in [2.75, 3.05) is 45.9 Å². The predicted molar refractivity (Wildman–Crippen MR) is 73.0 cm³/mol. The molecule has 3 fully saturated rings. The highest BCUT2D eigenvalue weighted by atomic mass is 16.5. The Labute approximate surface area is 115 Å². The molecule has 0 radical (unpaired) electrons. The van der Waals surface area contributed by atoms with Crippen LogP contribution in [0.2, 0.25) is 0 Å². The number of carbonyl (C=O) groups is 1. The highest BCUT2D eigenvalue weighted by Gasteiger charge is 2.31. The zero-order valence-electron chi connectivity index (χ0n) is 11.6. The number of amides is 1. The van der Waals surface area contributed by atoms with Crippen molar-refractivity contribution in [3.05, 3.63) is 0 Å². The predicted octanol–water partition coefficient (Wildman–Crippen LogP) is 0.0616. The van der Waals surface area contributed by atoms with E-state index in [1.54, 1.807) is 0 Å². The van der Waals surface area contributed by atoms with Gasteiger partial charge in [-0.3, -0.25) is 9.69 Å². The van der Waals surface area contributed by atoms with E-state index in [9.17, 15) is 4.79 Å². The Hall–Kier alpha value is -0.650. The molecule has 0 aromatic carbocycles. The summed E-state index contributed by atoms with van der Waals surface area (Å²) in [4.78, 5) is 16.9. The lowest BCUT2D eigenvalue weighted by molar-refractivity contribution is -0.147. The van der Waals surface area contributed by atoms with E-state index in [2.05, 4.69) is 10.2 Å². The van der Waals surface area contributed by atoms with Gasteiger partial charge in [-0.15, -0.1) is 0 Å². The van der Waals surface area contributed by atoms with E-state index >= 15 is 0 Å². The number of piperazine rings is 1. The molecule has 5 heteroatoms. The summed E-state index contributed by atoms with van der Waals surface area (Å²) >= 11 is 0. The average Bonchev–Trinajstić information content (AvgIpc) is 3.02. The van der Waals surface area contributed by atoms with Crippen LogP contribution in [-0.4, -0.2) is 73.7 Å². The molecule has 2 saturated heterocycles. The lowest BCUT2D eigenvalue weighted by Gasteiger charge is -2.39. The van der Waals surface area contributed by atoms with Crippen molar-refractivity contribution in [3.63, 3.8) is 0 Å². The van der Waals surface area contributed by atoms with E-state index < -0.39 is 0 Å². The van der Waals surface area contributed by atoms with Gasteiger partial charge in [-0.05, 0) is 12.8 Å². The molecule has 3 rings (SSSR count). The number of rotatable bonds is 2. The zero-order valence-corrected chi connectivity index (χ0v) is 11.6. The highest BCUT2D eigenvalue weighted by Crippen LogP contribution is 2.24. The molecule has 1 amide bonds. The second-order valence-electron chi connectivity index (χ2n) is 5.86. The molecule has 1 atom stereocenters. The van der Waals surface area contributed by atoms with Gasteiger partial charge in [0.1, 0.15) is 6.10 Å². The van der Waals surface area contributed by atoms with Gasteiger partial charge in [0.2, 0.25) is 0 Å². The highest BCUT2D eigenvalue weighted by molar-refractivity contribution is 5.81. The maximum absolute atomic E-state index is 12.3. The summed E-state index contributed by atoms with van der Waals surface area (Å²) in [5, 5.41) is 3.23. The van der Waals surface area contributed by atoms with Crippen LogP contribution in [0.3, 0.4) is 0 Å². The van der Waals surface area contributed by atoms with Gasteiger partial charge in [0.25, 0.3) is 5.91 Å². The van der Waals surface area contributed by atoms with Crippen LogP contribution >= 0.6 is 0 Å². The lowest BCUT2D eigenvalue weighted by atomic mass is 10.1. The molecule has 1 saturated carbocycles. The van der Waals surface area contributed by atoms with Gasteiger partial charge in [-0.25, -0.2) is 0 Å². The third kappa shape index (κ3) is 3.09. The largest absolute Gasteiger partial charge is 0.366 e. The number of nitrogens with zero attached hydrogens (tertiary/aromatic N) is 2. The van der Waals surface area contributed by atoms with Crippen molar-refractivity contribution in [2.45, 2.75) is 37.8 Å². The van der Waals surface area contributed by atoms with E-state index in [4.69, 9.17) is 4.74 Å². The molecule has 0 aromatic heterocycles. The number of hydrogen-bond donors (Lipinski definition) is 1. The van der Waals surface area contributed by atoms with Gasteiger partial charge in [0.15, 0.2) is 0 Å². The van der Waals surface area contributed by atoms with Crippen LogP contribution in [0.1, 0.15) is 25.7 Å². The number of hydrogen-bond acceptors (Lipinski definition) is 4. The third-order valence-corrected chi connectivity index (χ3v) is 4.67. The SMILES string of the molecule is O=C(C1CNCCO1)N1CCN(C2CCCC2)CC1. The molecule has 0 aromatic rings. The maximum atomic E-state index is 12.3. The van der Waals surface area contributed by atoms with Gasteiger partial charge < -0.3 is 15.0 Å². The Kier molecular flexibility index (Phi) is 4.35. The van der Waals surface area contributed by atoms with E-state index in [-0.39, 0.29) is 12.0 Å². The van der Waals surface area contributed by atoms with Crippen molar-refractivity contribution in [1.29, 1.82) is 0 Å². The second-order valence-corrected chi connectivity index (χ2v) is 5.86. The van der Waals surface area contributed by atoms with Gasteiger partial charge >= 0.3 is 0 Å². The molecular weight excluding hydrogens is 242 g/mol. The Morgan fingerprint density at radius 3 is 2.47 bits per heavy atom. The van der Waals surface area contributed by atoms with Crippen LogP contribution in [0.4, 0.5) is 0 Å². The quantitative estimate of drug-likeness (QED) is 0.768. The van der Waals surface area contributed by atoms with Crippen molar-refractivity contribution in [2.24, 2.45) is 0 Å². The van der Waals surface area contributed by atoms with Crippen molar-refractivity contribution < 1.29 is 9.53 Å². The number of nitrogens with one attached hydrogen (secondary N) is 1.